The number of H-pyrrole nitrogens is 1. The Balaban J connectivity index is 1.92. The lowest BCUT2D eigenvalue weighted by Crippen LogP contribution is -2.15. The zero-order valence-corrected chi connectivity index (χ0v) is 11.6. The fourth-order valence-corrected chi connectivity index (χ4v) is 2.73. The minimum absolute atomic E-state index is 0.372. The van der Waals surface area contributed by atoms with Gasteiger partial charge in [0.2, 0.25) is 0 Å². The van der Waals surface area contributed by atoms with Gasteiger partial charge in [0.1, 0.15) is 19.0 Å². The fraction of sp³-hybridized carbons (Fsp3) is 0.118. The number of carbonyl (C=O) groups excluding carboxylic acids is 1. The van der Waals surface area contributed by atoms with Gasteiger partial charge in [0, 0.05) is 22.0 Å². The van der Waals surface area contributed by atoms with Gasteiger partial charge in [-0.15, -0.1) is 0 Å². The van der Waals surface area contributed by atoms with Crippen molar-refractivity contribution in [2.24, 2.45) is 0 Å². The zero-order chi connectivity index (χ0) is 15.1. The van der Waals surface area contributed by atoms with Crippen LogP contribution in [0.5, 0.6) is 11.5 Å². The minimum Gasteiger partial charge on any atom is -0.486 e. The Morgan fingerprint density at radius 1 is 1.05 bits per heavy atom. The lowest BCUT2D eigenvalue weighted by atomic mass is 10.1. The standard InChI is InChI=1S/C17H12FNO3/c18-11-2-3-14-12(8-11)13(9-20)17(19-14)10-1-4-15-16(7-10)22-6-5-21-15/h1-4,7-9,19H,5-6H2. The van der Waals surface area contributed by atoms with Gasteiger partial charge in [0.15, 0.2) is 17.8 Å². The Labute approximate surface area is 125 Å². The van der Waals surface area contributed by atoms with Crippen LogP contribution in [0.2, 0.25) is 0 Å². The molecule has 1 aliphatic rings. The van der Waals surface area contributed by atoms with Gasteiger partial charge < -0.3 is 14.5 Å². The number of nitrogens with one attached hydrogen (secondary N) is 1. The van der Waals surface area contributed by atoms with Crippen LogP contribution in [0.3, 0.4) is 0 Å². The van der Waals surface area contributed by atoms with E-state index in [4.69, 9.17) is 9.47 Å². The maximum atomic E-state index is 13.4. The van der Waals surface area contributed by atoms with E-state index in [0.29, 0.717) is 46.9 Å². The second-order valence-electron chi connectivity index (χ2n) is 5.08. The normalized spacial score (nSPS) is 13.3. The van der Waals surface area contributed by atoms with Crippen LogP contribution in [0.15, 0.2) is 36.4 Å². The van der Waals surface area contributed by atoms with Crippen molar-refractivity contribution in [3.05, 3.63) is 47.8 Å². The SMILES string of the molecule is O=Cc1c(-c2ccc3c(c2)OCCO3)[nH]c2ccc(F)cc12. The number of halogens is 1. The molecule has 2 aromatic carbocycles. The predicted molar refractivity (Wildman–Crippen MR) is 80.1 cm³/mol. The largest absolute Gasteiger partial charge is 0.486 e. The highest BCUT2D eigenvalue weighted by molar-refractivity contribution is 6.04. The van der Waals surface area contributed by atoms with Gasteiger partial charge in [-0.1, -0.05) is 0 Å². The molecule has 3 aromatic rings. The number of aromatic nitrogens is 1. The van der Waals surface area contributed by atoms with Crippen LogP contribution in [0.1, 0.15) is 10.4 Å². The van der Waals surface area contributed by atoms with Crippen molar-refractivity contribution in [2.45, 2.75) is 0 Å². The molecule has 1 aromatic heterocycles. The average Bonchev–Trinajstić information content (AvgIpc) is 2.92. The highest BCUT2D eigenvalue weighted by atomic mass is 19.1. The lowest BCUT2D eigenvalue weighted by Gasteiger charge is -2.18. The van der Waals surface area contributed by atoms with Gasteiger partial charge in [-0.25, -0.2) is 4.39 Å². The van der Waals surface area contributed by atoms with Crippen molar-refractivity contribution in [1.29, 1.82) is 0 Å². The molecule has 0 spiro atoms. The van der Waals surface area contributed by atoms with Crippen molar-refractivity contribution >= 4 is 17.2 Å². The molecular weight excluding hydrogens is 285 g/mol. The minimum atomic E-state index is -0.372. The van der Waals surface area contributed by atoms with Crippen molar-refractivity contribution in [3.8, 4) is 22.8 Å². The first-order valence-electron chi connectivity index (χ1n) is 6.93. The molecular formula is C17H12FNO3. The van der Waals surface area contributed by atoms with Gasteiger partial charge in [0.05, 0.1) is 5.69 Å². The van der Waals surface area contributed by atoms with Crippen LogP contribution >= 0.6 is 0 Å². The van der Waals surface area contributed by atoms with Gasteiger partial charge in [-0.2, -0.15) is 0 Å². The summed E-state index contributed by atoms with van der Waals surface area (Å²) in [7, 11) is 0. The van der Waals surface area contributed by atoms with E-state index >= 15 is 0 Å². The van der Waals surface area contributed by atoms with Crippen LogP contribution in [-0.4, -0.2) is 24.5 Å². The zero-order valence-electron chi connectivity index (χ0n) is 11.6. The quantitative estimate of drug-likeness (QED) is 0.736. The summed E-state index contributed by atoms with van der Waals surface area (Å²) >= 11 is 0. The van der Waals surface area contributed by atoms with E-state index in [-0.39, 0.29) is 5.82 Å². The highest BCUT2D eigenvalue weighted by Crippen LogP contribution is 2.36. The van der Waals surface area contributed by atoms with Gasteiger partial charge >= 0.3 is 0 Å². The molecule has 1 N–H and O–H groups in total. The molecule has 0 fully saturated rings. The molecule has 22 heavy (non-hydrogen) atoms. The molecule has 0 aliphatic carbocycles. The molecule has 0 radical (unpaired) electrons. The second kappa shape index (κ2) is 4.87. The monoisotopic (exact) mass is 297 g/mol. The summed E-state index contributed by atoms with van der Waals surface area (Å²) in [5.74, 6) is 0.957. The van der Waals surface area contributed by atoms with Gasteiger partial charge in [0.25, 0.3) is 0 Å². The number of aromatic amines is 1. The molecule has 0 saturated carbocycles. The third kappa shape index (κ3) is 1.94. The first kappa shape index (κ1) is 12.9. The van der Waals surface area contributed by atoms with E-state index < -0.39 is 0 Å². The van der Waals surface area contributed by atoms with E-state index in [1.165, 1.54) is 12.1 Å². The molecule has 4 nitrogen and oxygen atoms in total. The maximum Gasteiger partial charge on any atom is 0.162 e. The number of benzene rings is 2. The summed E-state index contributed by atoms with van der Waals surface area (Å²) in [5.41, 5.74) is 2.59. The molecule has 0 atom stereocenters. The van der Waals surface area contributed by atoms with Crippen LogP contribution in [-0.2, 0) is 0 Å². The number of hydrogen-bond acceptors (Lipinski definition) is 3. The Hall–Kier alpha value is -2.82. The van der Waals surface area contributed by atoms with E-state index in [2.05, 4.69) is 4.98 Å². The molecule has 0 amide bonds. The van der Waals surface area contributed by atoms with Crippen LogP contribution in [0.25, 0.3) is 22.2 Å². The summed E-state index contributed by atoms with van der Waals surface area (Å²) in [4.78, 5) is 14.6. The number of carbonyl (C=O) groups is 1. The molecule has 0 unspecified atom stereocenters. The van der Waals surface area contributed by atoms with Crippen LogP contribution in [0.4, 0.5) is 4.39 Å². The highest BCUT2D eigenvalue weighted by Gasteiger charge is 2.17. The number of aldehydes is 1. The fourth-order valence-electron chi connectivity index (χ4n) is 2.73. The summed E-state index contributed by atoms with van der Waals surface area (Å²) < 4.78 is 24.5. The number of hydrogen-bond donors (Lipinski definition) is 1. The third-order valence-corrected chi connectivity index (χ3v) is 3.75. The number of ether oxygens (including phenoxy) is 2. The Bertz CT molecular complexity index is 885. The molecule has 110 valence electrons. The van der Waals surface area contributed by atoms with E-state index in [1.54, 1.807) is 6.07 Å². The summed E-state index contributed by atoms with van der Waals surface area (Å²) in [5, 5.41) is 0.569. The topological polar surface area (TPSA) is 51.3 Å². The summed E-state index contributed by atoms with van der Waals surface area (Å²) in [6, 6.07) is 9.83. The molecule has 5 heteroatoms. The lowest BCUT2D eigenvalue weighted by molar-refractivity contribution is 0.112. The molecule has 0 saturated heterocycles. The predicted octanol–water partition coefficient (Wildman–Crippen LogP) is 3.56. The van der Waals surface area contributed by atoms with Gasteiger partial charge in [-0.05, 0) is 36.4 Å². The van der Waals surface area contributed by atoms with Crippen molar-refractivity contribution in [3.63, 3.8) is 0 Å². The van der Waals surface area contributed by atoms with E-state index in [1.807, 2.05) is 18.2 Å². The Kier molecular flexibility index (Phi) is 2.85. The average molecular weight is 297 g/mol. The first-order valence-corrected chi connectivity index (χ1v) is 6.93. The van der Waals surface area contributed by atoms with E-state index in [0.717, 1.165) is 11.8 Å². The van der Waals surface area contributed by atoms with Gasteiger partial charge in [-0.3, -0.25) is 4.79 Å². The number of fused-ring (bicyclic) bond motifs is 2. The second-order valence-corrected chi connectivity index (χ2v) is 5.08. The van der Waals surface area contributed by atoms with E-state index in [9.17, 15) is 9.18 Å². The van der Waals surface area contributed by atoms with Crippen LogP contribution < -0.4 is 9.47 Å². The Morgan fingerprint density at radius 3 is 2.68 bits per heavy atom. The maximum absolute atomic E-state index is 13.4. The van der Waals surface area contributed by atoms with Crippen LogP contribution in [0, 0.1) is 5.82 Å². The molecule has 0 bridgehead atoms. The first-order chi connectivity index (χ1) is 10.8. The molecule has 1 aliphatic heterocycles. The smallest absolute Gasteiger partial charge is 0.162 e. The summed E-state index contributed by atoms with van der Waals surface area (Å²) in [6.45, 7) is 1.02. The molecule has 4 rings (SSSR count). The third-order valence-electron chi connectivity index (χ3n) is 3.75. The summed E-state index contributed by atoms with van der Waals surface area (Å²) in [6.07, 6.45) is 0.740. The van der Waals surface area contributed by atoms with Crippen molar-refractivity contribution in [1.82, 2.24) is 4.98 Å². The van der Waals surface area contributed by atoms with Crippen molar-refractivity contribution < 1.29 is 18.7 Å². The number of rotatable bonds is 2. The molecule has 2 heterocycles. The van der Waals surface area contributed by atoms with Crippen molar-refractivity contribution in [2.75, 3.05) is 13.2 Å². The Morgan fingerprint density at radius 2 is 1.86 bits per heavy atom.